The van der Waals surface area contributed by atoms with Gasteiger partial charge in [-0.2, -0.15) is 0 Å². The number of nitrogens with one attached hydrogen (secondary N) is 2. The lowest BCUT2D eigenvalue weighted by Crippen LogP contribution is -2.41. The monoisotopic (exact) mass is 336 g/mol. The average Bonchev–Trinajstić information content (AvgIpc) is 3.03. The van der Waals surface area contributed by atoms with Crippen LogP contribution in [0.5, 0.6) is 5.75 Å². The molecule has 1 aromatic heterocycles. The molecule has 1 heterocycles. The lowest BCUT2D eigenvalue weighted by atomic mass is 10.2. The normalized spacial score (nSPS) is 11.6. The maximum atomic E-state index is 11.8. The number of hydrogen-bond donors (Lipinski definition) is 2. The quantitative estimate of drug-likeness (QED) is 0.800. The van der Waals surface area contributed by atoms with Crippen molar-refractivity contribution >= 4 is 23.7 Å². The van der Waals surface area contributed by atoms with Crippen LogP contribution >= 0.6 is 11.8 Å². The van der Waals surface area contributed by atoms with Crippen molar-refractivity contribution in [1.29, 1.82) is 0 Å². The number of imide groups is 1. The standard InChI is InChI=1S/C14H16N4O4S/c1-8(11(19)16-13(20)15-2)23-14-18-17-12(22-14)9-4-6-10(21-3)7-5-9/h4-8H,1-3H3,(H2,15,16,19,20)/t8-/m0/s1. The van der Waals surface area contributed by atoms with Gasteiger partial charge >= 0.3 is 6.03 Å². The van der Waals surface area contributed by atoms with Crippen molar-refractivity contribution in [2.45, 2.75) is 17.4 Å². The van der Waals surface area contributed by atoms with Crippen molar-refractivity contribution in [3.8, 4) is 17.2 Å². The van der Waals surface area contributed by atoms with Crippen LogP contribution < -0.4 is 15.4 Å². The van der Waals surface area contributed by atoms with Crippen LogP contribution in [0.4, 0.5) is 4.79 Å². The number of carbonyl (C=O) groups is 2. The number of thioether (sulfide) groups is 1. The Balaban J connectivity index is 2.01. The highest BCUT2D eigenvalue weighted by Gasteiger charge is 2.20. The van der Waals surface area contributed by atoms with Crippen LogP contribution in [0, 0.1) is 0 Å². The summed E-state index contributed by atoms with van der Waals surface area (Å²) in [4.78, 5) is 22.9. The first-order valence-electron chi connectivity index (χ1n) is 6.70. The zero-order valence-corrected chi connectivity index (χ0v) is 13.6. The van der Waals surface area contributed by atoms with Crippen molar-refractivity contribution in [3.05, 3.63) is 24.3 Å². The van der Waals surface area contributed by atoms with Gasteiger partial charge in [-0.25, -0.2) is 4.79 Å². The van der Waals surface area contributed by atoms with Crippen LogP contribution in [0.1, 0.15) is 6.92 Å². The highest BCUT2D eigenvalue weighted by atomic mass is 32.2. The summed E-state index contributed by atoms with van der Waals surface area (Å²) in [5, 5.41) is 12.0. The molecule has 0 radical (unpaired) electrons. The number of urea groups is 1. The lowest BCUT2D eigenvalue weighted by Gasteiger charge is -2.07. The highest BCUT2D eigenvalue weighted by Crippen LogP contribution is 2.27. The van der Waals surface area contributed by atoms with Crippen molar-refractivity contribution in [2.24, 2.45) is 0 Å². The number of hydrogen-bond acceptors (Lipinski definition) is 7. The first-order valence-corrected chi connectivity index (χ1v) is 7.58. The molecular formula is C14H16N4O4S. The van der Waals surface area contributed by atoms with Crippen LogP contribution in [-0.4, -0.2) is 41.5 Å². The van der Waals surface area contributed by atoms with E-state index >= 15 is 0 Å². The Labute approximate surface area is 137 Å². The van der Waals surface area contributed by atoms with E-state index in [2.05, 4.69) is 20.8 Å². The summed E-state index contributed by atoms with van der Waals surface area (Å²) in [6, 6.07) is 6.59. The Kier molecular flexibility index (Phi) is 5.58. The van der Waals surface area contributed by atoms with Crippen LogP contribution in [0.15, 0.2) is 33.9 Å². The largest absolute Gasteiger partial charge is 0.497 e. The molecule has 0 aliphatic heterocycles. The van der Waals surface area contributed by atoms with Gasteiger partial charge in [-0.05, 0) is 31.2 Å². The Hall–Kier alpha value is -2.55. The third-order valence-corrected chi connectivity index (χ3v) is 3.79. The molecule has 1 atom stereocenters. The summed E-state index contributed by atoms with van der Waals surface area (Å²) in [5.41, 5.74) is 0.743. The van der Waals surface area contributed by atoms with Gasteiger partial charge in [0.1, 0.15) is 5.75 Å². The molecule has 0 saturated carbocycles. The number of rotatable bonds is 5. The zero-order valence-electron chi connectivity index (χ0n) is 12.8. The second-order valence-electron chi connectivity index (χ2n) is 4.43. The highest BCUT2D eigenvalue weighted by molar-refractivity contribution is 8.00. The van der Waals surface area contributed by atoms with Crippen molar-refractivity contribution in [1.82, 2.24) is 20.8 Å². The van der Waals surface area contributed by atoms with Gasteiger partial charge in [-0.1, -0.05) is 11.8 Å². The number of aromatic nitrogens is 2. The van der Waals surface area contributed by atoms with E-state index in [0.717, 1.165) is 23.1 Å². The fraction of sp³-hybridized carbons (Fsp3) is 0.286. The van der Waals surface area contributed by atoms with Gasteiger partial charge in [0.2, 0.25) is 11.8 Å². The van der Waals surface area contributed by atoms with Crippen LogP contribution in [0.2, 0.25) is 0 Å². The van der Waals surface area contributed by atoms with Gasteiger partial charge in [0.15, 0.2) is 0 Å². The molecular weight excluding hydrogens is 320 g/mol. The lowest BCUT2D eigenvalue weighted by molar-refractivity contribution is -0.119. The summed E-state index contributed by atoms with van der Waals surface area (Å²) >= 11 is 1.07. The maximum Gasteiger partial charge on any atom is 0.321 e. The first-order chi connectivity index (χ1) is 11.0. The summed E-state index contributed by atoms with van der Waals surface area (Å²) in [7, 11) is 3.02. The minimum atomic E-state index is -0.563. The minimum Gasteiger partial charge on any atom is -0.497 e. The minimum absolute atomic E-state index is 0.246. The van der Waals surface area contributed by atoms with E-state index in [9.17, 15) is 9.59 Å². The second kappa shape index (κ2) is 7.63. The van der Waals surface area contributed by atoms with Gasteiger partial charge in [0.05, 0.1) is 12.4 Å². The van der Waals surface area contributed by atoms with Crippen molar-refractivity contribution in [2.75, 3.05) is 14.2 Å². The molecule has 1 aromatic carbocycles. The molecule has 0 aliphatic carbocycles. The fourth-order valence-corrected chi connectivity index (χ4v) is 2.27. The van der Waals surface area contributed by atoms with Gasteiger partial charge in [-0.3, -0.25) is 10.1 Å². The van der Waals surface area contributed by atoms with Gasteiger partial charge in [0, 0.05) is 12.6 Å². The molecule has 0 saturated heterocycles. The van der Waals surface area contributed by atoms with Crippen LogP contribution in [-0.2, 0) is 4.79 Å². The predicted octanol–water partition coefficient (Wildman–Crippen LogP) is 1.68. The third kappa shape index (κ3) is 4.46. The van der Waals surface area contributed by atoms with Gasteiger partial charge in [0.25, 0.3) is 5.22 Å². The van der Waals surface area contributed by atoms with Crippen LogP contribution in [0.25, 0.3) is 11.5 Å². The Bertz CT molecular complexity index is 686. The SMILES string of the molecule is CNC(=O)NC(=O)[C@H](C)Sc1nnc(-c2ccc(OC)cc2)o1. The number of methoxy groups -OCH3 is 1. The first kappa shape index (κ1) is 16.8. The Morgan fingerprint density at radius 1 is 1.26 bits per heavy atom. The van der Waals surface area contributed by atoms with E-state index in [4.69, 9.17) is 9.15 Å². The molecule has 122 valence electrons. The molecule has 0 fully saturated rings. The van der Waals surface area contributed by atoms with Crippen molar-refractivity contribution < 1.29 is 18.7 Å². The molecule has 2 rings (SSSR count). The van der Waals surface area contributed by atoms with E-state index in [1.165, 1.54) is 7.05 Å². The zero-order chi connectivity index (χ0) is 16.8. The number of benzene rings is 1. The van der Waals surface area contributed by atoms with E-state index in [1.54, 1.807) is 38.3 Å². The summed E-state index contributed by atoms with van der Waals surface area (Å²) in [6.45, 7) is 1.64. The Morgan fingerprint density at radius 2 is 1.96 bits per heavy atom. The van der Waals surface area contributed by atoms with E-state index in [0.29, 0.717) is 5.89 Å². The number of amides is 3. The van der Waals surface area contributed by atoms with Crippen molar-refractivity contribution in [3.63, 3.8) is 0 Å². The molecule has 23 heavy (non-hydrogen) atoms. The smallest absolute Gasteiger partial charge is 0.321 e. The van der Waals surface area contributed by atoms with E-state index in [1.807, 2.05) is 0 Å². The fourth-order valence-electron chi connectivity index (χ4n) is 1.59. The average molecular weight is 336 g/mol. The molecule has 0 aliphatic rings. The summed E-state index contributed by atoms with van der Waals surface area (Å²) < 4.78 is 10.6. The molecule has 9 heteroatoms. The summed E-state index contributed by atoms with van der Waals surface area (Å²) in [5.74, 6) is 0.620. The molecule has 0 bridgehead atoms. The van der Waals surface area contributed by atoms with E-state index < -0.39 is 17.2 Å². The Morgan fingerprint density at radius 3 is 2.57 bits per heavy atom. The second-order valence-corrected chi connectivity index (χ2v) is 5.72. The predicted molar refractivity (Wildman–Crippen MR) is 84.2 cm³/mol. The third-order valence-electron chi connectivity index (χ3n) is 2.85. The number of carbonyl (C=O) groups excluding carboxylic acids is 2. The molecule has 8 nitrogen and oxygen atoms in total. The van der Waals surface area contributed by atoms with Crippen LogP contribution in [0.3, 0.4) is 0 Å². The van der Waals surface area contributed by atoms with E-state index in [-0.39, 0.29) is 5.22 Å². The number of nitrogens with zero attached hydrogens (tertiary/aromatic N) is 2. The topological polar surface area (TPSA) is 106 Å². The molecule has 0 unspecified atom stereocenters. The molecule has 3 amide bonds. The molecule has 2 aromatic rings. The molecule has 2 N–H and O–H groups in total. The number of ether oxygens (including phenoxy) is 1. The van der Waals surface area contributed by atoms with Gasteiger partial charge < -0.3 is 14.5 Å². The summed E-state index contributed by atoms with van der Waals surface area (Å²) in [6.07, 6.45) is 0. The molecule has 0 spiro atoms. The van der Waals surface area contributed by atoms with Gasteiger partial charge in [-0.15, -0.1) is 10.2 Å². The maximum absolute atomic E-state index is 11.8.